The molecule has 1 aliphatic heterocycles. The molecule has 2 aromatic rings. The average molecular weight is 439 g/mol. The van der Waals surface area contributed by atoms with E-state index < -0.39 is 17.3 Å². The summed E-state index contributed by atoms with van der Waals surface area (Å²) in [7, 11) is 0. The average Bonchev–Trinajstić information content (AvgIpc) is 3.06. The van der Waals surface area contributed by atoms with Crippen molar-refractivity contribution >= 4 is 34.9 Å². The molecule has 8 nitrogen and oxygen atoms in total. The molecule has 1 aromatic heterocycles. The van der Waals surface area contributed by atoms with E-state index in [-0.39, 0.29) is 22.8 Å². The number of hydrogen-bond acceptors (Lipinski definition) is 7. The Kier molecular flexibility index (Phi) is 6.87. The molecule has 0 atom stereocenters. The highest BCUT2D eigenvalue weighted by Crippen LogP contribution is 2.27. The largest absolute Gasteiger partial charge is 0.444 e. The van der Waals surface area contributed by atoms with E-state index >= 15 is 0 Å². The summed E-state index contributed by atoms with van der Waals surface area (Å²) >= 11 is 1.41. The van der Waals surface area contributed by atoms with Crippen molar-refractivity contribution in [2.75, 3.05) is 38.5 Å². The van der Waals surface area contributed by atoms with Gasteiger partial charge in [-0.2, -0.15) is 0 Å². The molecular weight excluding hydrogens is 411 g/mol. The van der Waals surface area contributed by atoms with Gasteiger partial charge in [0.1, 0.15) is 16.9 Å². The van der Waals surface area contributed by atoms with Crippen molar-refractivity contribution in [2.24, 2.45) is 5.73 Å². The van der Waals surface area contributed by atoms with Crippen LogP contribution in [0.4, 0.5) is 9.18 Å². The van der Waals surface area contributed by atoms with Gasteiger partial charge in [0.25, 0.3) is 11.1 Å². The van der Waals surface area contributed by atoms with Crippen LogP contribution >= 0.6 is 11.8 Å². The van der Waals surface area contributed by atoms with Crippen LogP contribution in [-0.2, 0) is 4.74 Å². The lowest BCUT2D eigenvalue weighted by molar-refractivity contribution is 0.0145. The van der Waals surface area contributed by atoms with Crippen molar-refractivity contribution in [2.45, 2.75) is 38.0 Å². The monoisotopic (exact) mass is 438 g/mol. The van der Waals surface area contributed by atoms with Gasteiger partial charge in [0.2, 0.25) is 0 Å². The minimum Gasteiger partial charge on any atom is -0.444 e. The molecular formula is C20H27FN4O4S. The van der Waals surface area contributed by atoms with Crippen molar-refractivity contribution in [3.63, 3.8) is 0 Å². The highest BCUT2D eigenvalue weighted by atomic mass is 32.2. The third kappa shape index (κ3) is 5.85. The van der Waals surface area contributed by atoms with E-state index in [1.807, 2.05) is 20.8 Å². The Bertz CT molecular complexity index is 919. The summed E-state index contributed by atoms with van der Waals surface area (Å²) in [6.45, 7) is 9.37. The summed E-state index contributed by atoms with van der Waals surface area (Å²) in [5, 5.41) is 0.382. The Balaban J connectivity index is 1.43. The number of hydrogen-bond donors (Lipinski definition) is 1. The number of amides is 2. The van der Waals surface area contributed by atoms with E-state index in [4.69, 9.17) is 14.9 Å². The Labute approximate surface area is 178 Å². The van der Waals surface area contributed by atoms with Crippen molar-refractivity contribution in [3.05, 3.63) is 23.5 Å². The Morgan fingerprint density at radius 3 is 2.60 bits per heavy atom. The zero-order valence-electron chi connectivity index (χ0n) is 17.4. The molecule has 0 radical (unpaired) electrons. The molecule has 0 aliphatic carbocycles. The van der Waals surface area contributed by atoms with Gasteiger partial charge in [-0.3, -0.25) is 9.69 Å². The number of carbonyl (C=O) groups excluding carboxylic acids is 2. The number of halogens is 1. The number of piperazine rings is 1. The maximum atomic E-state index is 13.6. The topological polar surface area (TPSA) is 102 Å². The predicted octanol–water partition coefficient (Wildman–Crippen LogP) is 3.10. The number of oxazole rings is 1. The fraction of sp³-hybridized carbons (Fsp3) is 0.550. The van der Waals surface area contributed by atoms with Gasteiger partial charge in [-0.25, -0.2) is 14.2 Å². The molecule has 0 spiro atoms. The summed E-state index contributed by atoms with van der Waals surface area (Å²) in [4.78, 5) is 31.9. The molecule has 30 heavy (non-hydrogen) atoms. The van der Waals surface area contributed by atoms with E-state index in [9.17, 15) is 14.0 Å². The molecule has 0 unspecified atom stereocenters. The molecule has 10 heteroatoms. The second-order valence-corrected chi connectivity index (χ2v) is 9.20. The smallest absolute Gasteiger partial charge is 0.410 e. The van der Waals surface area contributed by atoms with Gasteiger partial charge in [0, 0.05) is 38.0 Å². The summed E-state index contributed by atoms with van der Waals surface area (Å²) in [5.41, 5.74) is 5.28. The van der Waals surface area contributed by atoms with Gasteiger partial charge in [0.05, 0.1) is 5.56 Å². The number of aromatic nitrogens is 1. The first-order valence-corrected chi connectivity index (χ1v) is 10.8. The van der Waals surface area contributed by atoms with Gasteiger partial charge in [-0.15, -0.1) is 0 Å². The minimum atomic E-state index is -0.752. The van der Waals surface area contributed by atoms with Crippen LogP contribution in [0.3, 0.4) is 0 Å². The highest BCUT2D eigenvalue weighted by Gasteiger charge is 2.25. The summed E-state index contributed by atoms with van der Waals surface area (Å²) < 4.78 is 24.6. The molecule has 0 bridgehead atoms. The molecule has 1 saturated heterocycles. The van der Waals surface area contributed by atoms with Crippen LogP contribution in [0.25, 0.3) is 11.1 Å². The van der Waals surface area contributed by atoms with Crippen LogP contribution in [-0.4, -0.2) is 70.9 Å². The van der Waals surface area contributed by atoms with E-state index in [2.05, 4.69) is 9.88 Å². The standard InChI is InChI=1S/C20H27FN4O4S/c1-20(2,3)29-19(27)25-8-6-24(7-9-25)5-4-10-30-18-23-15-12-13(21)11-14(17(22)26)16(15)28-18/h11-12H,4-10H2,1-3H3,(H2,22,26). The van der Waals surface area contributed by atoms with Gasteiger partial charge >= 0.3 is 6.09 Å². The Hall–Kier alpha value is -2.33. The lowest BCUT2D eigenvalue weighted by atomic mass is 10.2. The summed E-state index contributed by atoms with van der Waals surface area (Å²) in [5.74, 6) is -0.572. The zero-order valence-corrected chi connectivity index (χ0v) is 18.3. The molecule has 3 rings (SSSR count). The van der Waals surface area contributed by atoms with Crippen molar-refractivity contribution < 1.29 is 23.1 Å². The van der Waals surface area contributed by atoms with Crippen LogP contribution in [0.1, 0.15) is 37.6 Å². The number of carbonyl (C=O) groups is 2. The van der Waals surface area contributed by atoms with Gasteiger partial charge < -0.3 is 19.8 Å². The van der Waals surface area contributed by atoms with Crippen molar-refractivity contribution in [1.82, 2.24) is 14.8 Å². The fourth-order valence-corrected chi connectivity index (χ4v) is 3.90. The predicted molar refractivity (Wildman–Crippen MR) is 112 cm³/mol. The van der Waals surface area contributed by atoms with Gasteiger partial charge in [0.15, 0.2) is 5.58 Å². The maximum absolute atomic E-state index is 13.6. The van der Waals surface area contributed by atoms with Crippen LogP contribution in [0.5, 0.6) is 0 Å². The van der Waals surface area contributed by atoms with E-state index in [1.165, 1.54) is 17.8 Å². The first-order chi connectivity index (χ1) is 14.1. The number of nitrogens with two attached hydrogens (primary N) is 1. The SMILES string of the molecule is CC(C)(C)OC(=O)N1CCN(CCCSc2nc3cc(F)cc(C(N)=O)c3o2)CC1. The van der Waals surface area contributed by atoms with Crippen LogP contribution in [0.15, 0.2) is 21.8 Å². The van der Waals surface area contributed by atoms with E-state index in [0.717, 1.165) is 37.9 Å². The van der Waals surface area contributed by atoms with Crippen LogP contribution in [0, 0.1) is 5.82 Å². The van der Waals surface area contributed by atoms with E-state index in [0.29, 0.717) is 18.3 Å². The number of nitrogens with zero attached hydrogens (tertiary/aromatic N) is 3. The van der Waals surface area contributed by atoms with Crippen LogP contribution < -0.4 is 5.73 Å². The second-order valence-electron chi connectivity index (χ2n) is 8.16. The zero-order chi connectivity index (χ0) is 21.9. The third-order valence-electron chi connectivity index (χ3n) is 4.57. The maximum Gasteiger partial charge on any atom is 0.410 e. The molecule has 2 N–H and O–H groups in total. The Morgan fingerprint density at radius 2 is 1.97 bits per heavy atom. The van der Waals surface area contributed by atoms with Crippen molar-refractivity contribution in [3.8, 4) is 0 Å². The molecule has 1 fully saturated rings. The molecule has 1 aromatic carbocycles. The minimum absolute atomic E-state index is 0.00721. The normalized spacial score (nSPS) is 15.5. The first-order valence-electron chi connectivity index (χ1n) is 9.85. The van der Waals surface area contributed by atoms with E-state index in [1.54, 1.807) is 4.90 Å². The lowest BCUT2D eigenvalue weighted by Gasteiger charge is -2.35. The van der Waals surface area contributed by atoms with Crippen molar-refractivity contribution in [1.29, 1.82) is 0 Å². The number of ether oxygens (including phenoxy) is 1. The quantitative estimate of drug-likeness (QED) is 0.546. The number of benzene rings is 1. The number of primary amides is 1. The molecule has 2 amide bonds. The Morgan fingerprint density at radius 1 is 1.27 bits per heavy atom. The summed E-state index contributed by atoms with van der Waals surface area (Å²) in [6, 6.07) is 2.28. The first kappa shape index (κ1) is 22.4. The molecule has 1 aliphatic rings. The highest BCUT2D eigenvalue weighted by molar-refractivity contribution is 7.99. The lowest BCUT2D eigenvalue weighted by Crippen LogP contribution is -2.50. The van der Waals surface area contributed by atoms with Gasteiger partial charge in [-0.1, -0.05) is 11.8 Å². The molecule has 164 valence electrons. The molecule has 2 heterocycles. The number of thioether (sulfide) groups is 1. The second kappa shape index (κ2) is 9.22. The summed E-state index contributed by atoms with van der Waals surface area (Å²) in [6.07, 6.45) is 0.632. The molecule has 0 saturated carbocycles. The third-order valence-corrected chi connectivity index (χ3v) is 5.48. The number of fused-ring (bicyclic) bond motifs is 1. The fourth-order valence-electron chi connectivity index (χ4n) is 3.15. The van der Waals surface area contributed by atoms with Gasteiger partial charge in [-0.05, 0) is 39.8 Å². The number of rotatable bonds is 6. The van der Waals surface area contributed by atoms with Crippen LogP contribution in [0.2, 0.25) is 0 Å².